The van der Waals surface area contributed by atoms with E-state index in [2.05, 4.69) is 0 Å². The average molecular weight is 507 g/mol. The minimum Gasteiger partial charge on any atom is -0.493 e. The van der Waals surface area contributed by atoms with Gasteiger partial charge in [-0.15, -0.1) is 0 Å². The summed E-state index contributed by atoms with van der Waals surface area (Å²) in [4.78, 5) is 30.6. The molecule has 3 rings (SSSR count). The van der Waals surface area contributed by atoms with Crippen molar-refractivity contribution in [3.05, 3.63) is 82.8 Å². The zero-order chi connectivity index (χ0) is 26.9. The van der Waals surface area contributed by atoms with Crippen LogP contribution in [0, 0.1) is 13.8 Å². The van der Waals surface area contributed by atoms with E-state index in [0.29, 0.717) is 42.3 Å². The van der Waals surface area contributed by atoms with Crippen molar-refractivity contribution < 1.29 is 23.5 Å². The normalized spacial score (nSPS) is 11.6. The molecule has 198 valence electrons. The maximum atomic E-state index is 13.7. The predicted molar refractivity (Wildman–Crippen MR) is 144 cm³/mol. The van der Waals surface area contributed by atoms with E-state index in [9.17, 15) is 9.59 Å². The fourth-order valence-corrected chi connectivity index (χ4v) is 4.21. The lowest BCUT2D eigenvalue weighted by Crippen LogP contribution is -2.47. The van der Waals surface area contributed by atoms with Gasteiger partial charge in [0, 0.05) is 18.2 Å². The Hall–Kier alpha value is -3.74. The quantitative estimate of drug-likeness (QED) is 0.328. The van der Waals surface area contributed by atoms with Crippen LogP contribution in [0.15, 0.2) is 59.0 Å². The van der Waals surface area contributed by atoms with E-state index < -0.39 is 0 Å². The fraction of sp³-hybridized carbons (Fsp3) is 0.400. The molecule has 2 amide bonds. The molecule has 0 aliphatic carbocycles. The molecule has 1 aromatic heterocycles. The summed E-state index contributed by atoms with van der Waals surface area (Å²) in [5, 5.41) is 0. The zero-order valence-electron chi connectivity index (χ0n) is 22.7. The Morgan fingerprint density at radius 1 is 0.973 bits per heavy atom. The van der Waals surface area contributed by atoms with E-state index in [1.54, 1.807) is 24.0 Å². The first-order chi connectivity index (χ1) is 17.8. The molecule has 1 atom stereocenters. The lowest BCUT2D eigenvalue weighted by atomic mass is 10.1. The lowest BCUT2D eigenvalue weighted by molar-refractivity contribution is -0.133. The largest absolute Gasteiger partial charge is 0.493 e. The van der Waals surface area contributed by atoms with Crippen molar-refractivity contribution in [2.24, 2.45) is 0 Å². The van der Waals surface area contributed by atoms with E-state index in [0.717, 1.165) is 23.3 Å². The number of hydrogen-bond acceptors (Lipinski definition) is 5. The molecule has 1 heterocycles. The average Bonchev–Trinajstić information content (AvgIpc) is 3.33. The molecule has 0 saturated carbocycles. The van der Waals surface area contributed by atoms with Gasteiger partial charge in [0.25, 0.3) is 5.91 Å². The molecule has 0 bridgehead atoms. The fourth-order valence-electron chi connectivity index (χ4n) is 4.21. The minimum absolute atomic E-state index is 0.00615. The van der Waals surface area contributed by atoms with E-state index in [4.69, 9.17) is 13.9 Å². The number of ether oxygens (including phenoxy) is 2. The minimum atomic E-state index is -0.130. The van der Waals surface area contributed by atoms with Gasteiger partial charge in [-0.3, -0.25) is 9.59 Å². The molecule has 37 heavy (non-hydrogen) atoms. The second kappa shape index (κ2) is 13.0. The van der Waals surface area contributed by atoms with Crippen molar-refractivity contribution in [3.63, 3.8) is 0 Å². The Balaban J connectivity index is 1.83. The van der Waals surface area contributed by atoms with Crippen LogP contribution in [-0.2, 0) is 17.8 Å². The third-order valence-corrected chi connectivity index (χ3v) is 6.68. The van der Waals surface area contributed by atoms with Crippen molar-refractivity contribution in [1.29, 1.82) is 0 Å². The monoisotopic (exact) mass is 506 g/mol. The summed E-state index contributed by atoms with van der Waals surface area (Å²) >= 11 is 0. The highest BCUT2D eigenvalue weighted by molar-refractivity contribution is 5.97. The third-order valence-electron chi connectivity index (χ3n) is 6.68. The first-order valence-electron chi connectivity index (χ1n) is 12.7. The number of rotatable bonds is 12. The molecule has 7 heteroatoms. The van der Waals surface area contributed by atoms with Crippen molar-refractivity contribution in [1.82, 2.24) is 9.80 Å². The summed E-state index contributed by atoms with van der Waals surface area (Å²) in [5.41, 5.74) is 2.53. The van der Waals surface area contributed by atoms with Crippen molar-refractivity contribution in [3.8, 4) is 11.5 Å². The maximum Gasteiger partial charge on any atom is 0.254 e. The highest BCUT2D eigenvalue weighted by Gasteiger charge is 2.27. The molecule has 0 radical (unpaired) electrons. The standard InChI is InChI=1S/C30H38N2O5/c1-7-22(3)32(30(34)26-11-9-8-10-21(26)2)20-29(33)31(19-25-14-12-23(4)37-25)17-16-24-13-15-27(35-5)28(18-24)36-6/h8-15,18,22H,7,16-17,19-20H2,1-6H3/t22-/m0/s1. The van der Waals surface area contributed by atoms with Crippen LogP contribution in [0.1, 0.15) is 53.3 Å². The molecule has 2 aromatic carbocycles. The van der Waals surface area contributed by atoms with Gasteiger partial charge < -0.3 is 23.7 Å². The summed E-state index contributed by atoms with van der Waals surface area (Å²) in [6.07, 6.45) is 1.36. The molecular formula is C30H38N2O5. The van der Waals surface area contributed by atoms with E-state index in [1.165, 1.54) is 0 Å². The van der Waals surface area contributed by atoms with Crippen molar-refractivity contribution in [2.75, 3.05) is 27.3 Å². The zero-order valence-corrected chi connectivity index (χ0v) is 22.7. The van der Waals surface area contributed by atoms with Gasteiger partial charge in [-0.1, -0.05) is 31.2 Å². The number of aryl methyl sites for hydroxylation is 2. The number of amides is 2. The van der Waals surface area contributed by atoms with Gasteiger partial charge in [0.15, 0.2) is 11.5 Å². The molecular weight excluding hydrogens is 468 g/mol. The Morgan fingerprint density at radius 3 is 2.32 bits per heavy atom. The van der Waals surface area contributed by atoms with Gasteiger partial charge in [-0.25, -0.2) is 0 Å². The van der Waals surface area contributed by atoms with Crippen LogP contribution >= 0.6 is 0 Å². The van der Waals surface area contributed by atoms with Crippen LogP contribution < -0.4 is 9.47 Å². The smallest absolute Gasteiger partial charge is 0.254 e. The summed E-state index contributed by atoms with van der Waals surface area (Å²) < 4.78 is 16.6. The van der Waals surface area contributed by atoms with Crippen LogP contribution in [0.2, 0.25) is 0 Å². The molecule has 0 aliphatic heterocycles. The molecule has 0 unspecified atom stereocenters. The van der Waals surface area contributed by atoms with Crippen LogP contribution in [0.5, 0.6) is 11.5 Å². The van der Waals surface area contributed by atoms with Gasteiger partial charge in [-0.05, 0) is 75.1 Å². The number of furan rings is 1. The third kappa shape index (κ3) is 7.15. The predicted octanol–water partition coefficient (Wildman–Crippen LogP) is 5.43. The highest BCUT2D eigenvalue weighted by atomic mass is 16.5. The summed E-state index contributed by atoms with van der Waals surface area (Å²) in [6, 6.07) is 16.9. The van der Waals surface area contributed by atoms with Gasteiger partial charge >= 0.3 is 0 Å². The van der Waals surface area contributed by atoms with Gasteiger partial charge in [-0.2, -0.15) is 0 Å². The Bertz CT molecular complexity index is 1200. The molecule has 0 fully saturated rings. The molecule has 0 saturated heterocycles. The first kappa shape index (κ1) is 27.8. The number of carbonyl (C=O) groups is 2. The molecule has 7 nitrogen and oxygen atoms in total. The molecule has 3 aromatic rings. The number of carbonyl (C=O) groups excluding carboxylic acids is 2. The van der Waals surface area contributed by atoms with Crippen molar-refractivity contribution in [2.45, 2.75) is 53.1 Å². The van der Waals surface area contributed by atoms with E-state index in [-0.39, 0.29) is 24.4 Å². The van der Waals surface area contributed by atoms with Gasteiger partial charge in [0.2, 0.25) is 5.91 Å². The van der Waals surface area contributed by atoms with Crippen LogP contribution in [0.25, 0.3) is 0 Å². The topological polar surface area (TPSA) is 72.2 Å². The second-order valence-electron chi connectivity index (χ2n) is 9.27. The Labute approximate surface area is 220 Å². The van der Waals surface area contributed by atoms with Crippen LogP contribution in [-0.4, -0.2) is 55.0 Å². The number of hydrogen-bond donors (Lipinski definition) is 0. The van der Waals surface area contributed by atoms with Gasteiger partial charge in [0.1, 0.15) is 18.1 Å². The first-order valence-corrected chi connectivity index (χ1v) is 12.7. The Kier molecular flexibility index (Phi) is 9.78. The molecule has 0 N–H and O–H groups in total. The van der Waals surface area contributed by atoms with Crippen molar-refractivity contribution >= 4 is 11.8 Å². The maximum absolute atomic E-state index is 13.7. The Morgan fingerprint density at radius 2 is 1.70 bits per heavy atom. The summed E-state index contributed by atoms with van der Waals surface area (Å²) in [5.74, 6) is 2.54. The van der Waals surface area contributed by atoms with Crippen LogP contribution in [0.4, 0.5) is 0 Å². The van der Waals surface area contributed by atoms with E-state index >= 15 is 0 Å². The highest BCUT2D eigenvalue weighted by Crippen LogP contribution is 2.28. The number of methoxy groups -OCH3 is 2. The van der Waals surface area contributed by atoms with E-state index in [1.807, 2.05) is 82.3 Å². The molecule has 0 aliphatic rings. The molecule has 0 spiro atoms. The lowest BCUT2D eigenvalue weighted by Gasteiger charge is -2.31. The number of benzene rings is 2. The van der Waals surface area contributed by atoms with Crippen LogP contribution in [0.3, 0.4) is 0 Å². The SMILES string of the molecule is CC[C@H](C)N(CC(=O)N(CCc1ccc(OC)c(OC)c1)Cc1ccc(C)o1)C(=O)c1ccccc1C. The summed E-state index contributed by atoms with van der Waals surface area (Å²) in [7, 11) is 3.20. The van der Waals surface area contributed by atoms with Gasteiger partial charge in [0.05, 0.1) is 20.8 Å². The number of nitrogens with zero attached hydrogens (tertiary/aromatic N) is 2. The second-order valence-corrected chi connectivity index (χ2v) is 9.27. The summed E-state index contributed by atoms with van der Waals surface area (Å²) in [6.45, 7) is 8.58.